The fourth-order valence-electron chi connectivity index (χ4n) is 8.07. The summed E-state index contributed by atoms with van der Waals surface area (Å²) in [7, 11) is 0. The zero-order chi connectivity index (χ0) is 40.6. The van der Waals surface area contributed by atoms with Crippen molar-refractivity contribution in [1.29, 1.82) is 0 Å². The molecular weight excluding hydrogens is 735 g/mol. The van der Waals surface area contributed by atoms with E-state index in [1.165, 1.54) is 12.1 Å². The van der Waals surface area contributed by atoms with E-state index in [1.54, 1.807) is 12.1 Å². The van der Waals surface area contributed by atoms with Gasteiger partial charge in [0.05, 0.1) is 17.7 Å². The SMILES string of the molecule is CC(C)N(CCCNCC(O)c1ccc(O)c2[nH]c(=O)ccc12)C(=O)c1ccc(COc2cccc(C(NC(=O)OC3CN4CCC3CC4)c3ccccc3)c2)cc1. The van der Waals surface area contributed by atoms with Crippen LogP contribution in [0, 0.1) is 5.92 Å². The van der Waals surface area contributed by atoms with Gasteiger partial charge in [-0.15, -0.1) is 0 Å². The van der Waals surface area contributed by atoms with Crippen molar-refractivity contribution < 1.29 is 29.3 Å². The molecule has 3 aliphatic rings. The van der Waals surface area contributed by atoms with Crippen LogP contribution in [0.1, 0.15) is 77.9 Å². The number of pyridine rings is 1. The number of hydrogen-bond acceptors (Lipinski definition) is 9. The number of aromatic nitrogens is 1. The van der Waals surface area contributed by atoms with Crippen LogP contribution in [-0.4, -0.2) is 88.4 Å². The summed E-state index contributed by atoms with van der Waals surface area (Å²) in [5.41, 5.74) is 3.87. The molecule has 58 heavy (non-hydrogen) atoms. The number of hydrogen-bond donors (Lipinski definition) is 5. The lowest BCUT2D eigenvalue weighted by Gasteiger charge is -2.43. The molecule has 3 saturated heterocycles. The second kappa shape index (κ2) is 18.7. The number of rotatable bonds is 16. The lowest BCUT2D eigenvalue weighted by atomic mass is 9.86. The molecule has 8 rings (SSSR count). The summed E-state index contributed by atoms with van der Waals surface area (Å²) in [6.45, 7) is 8.60. The molecule has 0 saturated carbocycles. The molecule has 5 aromatic rings. The highest BCUT2D eigenvalue weighted by molar-refractivity contribution is 5.94. The molecule has 3 fully saturated rings. The molecule has 4 aromatic carbocycles. The highest BCUT2D eigenvalue weighted by Gasteiger charge is 2.37. The van der Waals surface area contributed by atoms with Gasteiger partial charge in [0.25, 0.3) is 5.91 Å². The number of nitrogens with one attached hydrogen (secondary N) is 3. The van der Waals surface area contributed by atoms with E-state index in [-0.39, 0.29) is 35.9 Å². The van der Waals surface area contributed by atoms with Crippen LogP contribution in [0.4, 0.5) is 4.79 Å². The van der Waals surface area contributed by atoms with Crippen molar-refractivity contribution in [2.75, 3.05) is 39.3 Å². The second-order valence-electron chi connectivity index (χ2n) is 15.6. The van der Waals surface area contributed by atoms with Gasteiger partial charge in [-0.1, -0.05) is 60.7 Å². The second-order valence-corrected chi connectivity index (χ2v) is 15.6. The van der Waals surface area contributed by atoms with E-state index < -0.39 is 18.2 Å². The van der Waals surface area contributed by atoms with Gasteiger partial charge in [-0.3, -0.25) is 14.5 Å². The van der Waals surface area contributed by atoms with Crippen molar-refractivity contribution in [2.24, 2.45) is 5.92 Å². The van der Waals surface area contributed by atoms with Crippen molar-refractivity contribution in [3.05, 3.63) is 141 Å². The Morgan fingerprint density at radius 2 is 1.69 bits per heavy atom. The summed E-state index contributed by atoms with van der Waals surface area (Å²) in [4.78, 5) is 45.4. The average Bonchev–Trinajstić information content (AvgIpc) is 3.24. The third-order valence-electron chi connectivity index (χ3n) is 11.3. The largest absolute Gasteiger partial charge is 0.506 e. The molecule has 3 unspecified atom stereocenters. The summed E-state index contributed by atoms with van der Waals surface area (Å²) in [5, 5.41) is 28.0. The number of H-pyrrole nitrogens is 1. The van der Waals surface area contributed by atoms with E-state index >= 15 is 0 Å². The number of alkyl carbamates (subject to hydrolysis) is 1. The van der Waals surface area contributed by atoms with Crippen LogP contribution >= 0.6 is 0 Å². The molecule has 304 valence electrons. The number of nitrogens with zero attached hydrogens (tertiary/aromatic N) is 2. The number of fused-ring (bicyclic) bond motifs is 4. The maximum absolute atomic E-state index is 13.6. The maximum atomic E-state index is 13.6. The normalized spacial score (nSPS) is 18.4. The average molecular weight is 788 g/mol. The molecule has 2 amide bonds. The van der Waals surface area contributed by atoms with Crippen LogP contribution in [0.15, 0.2) is 108 Å². The third-order valence-corrected chi connectivity index (χ3v) is 11.3. The van der Waals surface area contributed by atoms with Crippen molar-refractivity contribution in [1.82, 2.24) is 25.4 Å². The molecule has 4 heterocycles. The minimum absolute atomic E-state index is 0.0182. The molecule has 12 heteroatoms. The molecular formula is C46H53N5O7. The number of carbonyl (C=O) groups excluding carboxylic acids is 2. The molecule has 1 aromatic heterocycles. The smallest absolute Gasteiger partial charge is 0.408 e. The van der Waals surface area contributed by atoms with Gasteiger partial charge in [0, 0.05) is 42.7 Å². The number of benzene rings is 4. The predicted octanol–water partition coefficient (Wildman–Crippen LogP) is 6.29. The van der Waals surface area contributed by atoms with Crippen molar-refractivity contribution in [2.45, 2.75) is 64.0 Å². The number of amides is 2. The van der Waals surface area contributed by atoms with Crippen LogP contribution in [0.3, 0.4) is 0 Å². The van der Waals surface area contributed by atoms with E-state index in [9.17, 15) is 24.6 Å². The number of piperidine rings is 3. The Bertz CT molecular complexity index is 2220. The van der Waals surface area contributed by atoms with Gasteiger partial charge in [0.1, 0.15) is 24.2 Å². The predicted molar refractivity (Wildman–Crippen MR) is 223 cm³/mol. The first-order valence-electron chi connectivity index (χ1n) is 20.2. The van der Waals surface area contributed by atoms with Crippen LogP contribution < -0.4 is 20.9 Å². The Morgan fingerprint density at radius 3 is 2.41 bits per heavy atom. The van der Waals surface area contributed by atoms with Crippen molar-refractivity contribution in [3.8, 4) is 11.5 Å². The minimum atomic E-state index is -0.859. The number of ether oxygens (including phenoxy) is 2. The summed E-state index contributed by atoms with van der Waals surface area (Å²) < 4.78 is 12.2. The molecule has 12 nitrogen and oxygen atoms in total. The number of aliphatic hydroxyl groups is 1. The van der Waals surface area contributed by atoms with Gasteiger partial charge >= 0.3 is 6.09 Å². The van der Waals surface area contributed by atoms with Crippen molar-refractivity contribution in [3.63, 3.8) is 0 Å². The summed E-state index contributed by atoms with van der Waals surface area (Å²) in [5.74, 6) is 0.959. The lowest BCUT2D eigenvalue weighted by molar-refractivity contribution is -0.0336. The lowest BCUT2D eigenvalue weighted by Crippen LogP contribution is -2.52. The number of aromatic hydroxyl groups is 1. The number of carbonyl (C=O) groups is 2. The summed E-state index contributed by atoms with van der Waals surface area (Å²) >= 11 is 0. The monoisotopic (exact) mass is 787 g/mol. The van der Waals surface area contributed by atoms with Crippen molar-refractivity contribution >= 4 is 22.9 Å². The topological polar surface area (TPSA) is 156 Å². The zero-order valence-corrected chi connectivity index (χ0v) is 33.1. The molecule has 0 aliphatic carbocycles. The van der Waals surface area contributed by atoms with Gasteiger partial charge in [0.15, 0.2) is 0 Å². The van der Waals surface area contributed by atoms with E-state index in [4.69, 9.17) is 9.47 Å². The van der Waals surface area contributed by atoms with Crippen LogP contribution in [0.5, 0.6) is 11.5 Å². The first-order valence-corrected chi connectivity index (χ1v) is 20.2. The molecule has 5 N–H and O–H groups in total. The highest BCUT2D eigenvalue weighted by atomic mass is 16.6. The van der Waals surface area contributed by atoms with E-state index in [1.807, 2.05) is 97.6 Å². The fraction of sp³-hybridized carbons (Fsp3) is 0.370. The molecule has 2 bridgehead atoms. The van der Waals surface area contributed by atoms with Crippen LogP contribution in [0.25, 0.3) is 10.9 Å². The van der Waals surface area contributed by atoms with Gasteiger partial charge in [-0.2, -0.15) is 0 Å². The Morgan fingerprint density at radius 1 is 0.931 bits per heavy atom. The van der Waals surface area contributed by atoms with E-state index in [0.29, 0.717) is 59.8 Å². The number of phenols is 1. The fourth-order valence-corrected chi connectivity index (χ4v) is 8.07. The molecule has 0 radical (unpaired) electrons. The maximum Gasteiger partial charge on any atom is 0.408 e. The molecule has 3 atom stereocenters. The first kappa shape index (κ1) is 40.5. The Balaban J connectivity index is 0.908. The minimum Gasteiger partial charge on any atom is -0.506 e. The van der Waals surface area contributed by atoms with E-state index in [2.05, 4.69) is 20.5 Å². The Kier molecular flexibility index (Phi) is 13.1. The standard InChI is InChI=1S/C46H53N5O7/c1-30(2)51(23-7-22-47-27-40(53)37-16-18-39(52)44-38(37)17-19-42(54)48-44)45(55)34-14-12-31(13-15-34)29-57-36-11-6-10-35(26-36)43(33-8-4-3-5-9-33)49-46(56)58-41-28-50-24-20-32(41)21-25-50/h3-6,8-19,26,30,32,40-41,43,47,52-53H,7,20-25,27-29H2,1-2H3,(H,48,54)(H,49,56). The van der Waals surface area contributed by atoms with Crippen LogP contribution in [0.2, 0.25) is 0 Å². The zero-order valence-electron chi connectivity index (χ0n) is 33.1. The number of phenolic OH excluding ortho intramolecular Hbond substituents is 1. The highest BCUT2D eigenvalue weighted by Crippen LogP contribution is 2.31. The summed E-state index contributed by atoms with van der Waals surface area (Å²) in [6.07, 6.45) is 1.44. The number of aromatic amines is 1. The molecule has 0 spiro atoms. The van der Waals surface area contributed by atoms with Gasteiger partial charge in [0.2, 0.25) is 5.56 Å². The Labute approximate surface area is 338 Å². The van der Waals surface area contributed by atoms with Gasteiger partial charge < -0.3 is 40.2 Å². The quantitative estimate of drug-likeness (QED) is 0.0726. The van der Waals surface area contributed by atoms with Gasteiger partial charge in [-0.25, -0.2) is 4.79 Å². The van der Waals surface area contributed by atoms with Gasteiger partial charge in [-0.05, 0) is 117 Å². The Hall–Kier alpha value is -5.69. The number of aliphatic hydroxyl groups excluding tert-OH is 1. The van der Waals surface area contributed by atoms with E-state index in [0.717, 1.165) is 49.2 Å². The summed E-state index contributed by atoms with van der Waals surface area (Å²) in [6, 6.07) is 30.7. The third kappa shape index (κ3) is 9.87. The van der Waals surface area contributed by atoms with Crippen LogP contribution in [-0.2, 0) is 11.3 Å². The first-order chi connectivity index (χ1) is 28.1. The molecule has 3 aliphatic heterocycles.